The molecule has 0 amide bonds. The summed E-state index contributed by atoms with van der Waals surface area (Å²) in [5.74, 6) is 0. The molecule has 1 aliphatic rings. The summed E-state index contributed by atoms with van der Waals surface area (Å²) in [5, 5.41) is 0. The lowest BCUT2D eigenvalue weighted by atomic mass is 10.2. The highest BCUT2D eigenvalue weighted by atomic mass is 28.4. The van der Waals surface area contributed by atoms with E-state index in [0.717, 1.165) is 51.4 Å². The van der Waals surface area contributed by atoms with Gasteiger partial charge in [0.1, 0.15) is 0 Å². The molecular formula is C12H26O5Si. The fraction of sp³-hybridized carbons (Fsp3) is 1.00. The SMILES string of the molecule is CO[Si](CCCCCC1OCCCO1)(OC)OC. The van der Waals surface area contributed by atoms with Gasteiger partial charge < -0.3 is 22.8 Å². The van der Waals surface area contributed by atoms with Crippen LogP contribution in [0, 0.1) is 0 Å². The van der Waals surface area contributed by atoms with Crippen molar-refractivity contribution in [2.24, 2.45) is 0 Å². The third-order valence-corrected chi connectivity index (χ3v) is 6.08. The summed E-state index contributed by atoms with van der Waals surface area (Å²) in [6, 6.07) is 0.864. The molecule has 6 heteroatoms. The molecule has 0 aliphatic carbocycles. The Morgan fingerprint density at radius 1 is 0.944 bits per heavy atom. The van der Waals surface area contributed by atoms with E-state index in [1.54, 1.807) is 21.3 Å². The predicted molar refractivity (Wildman–Crippen MR) is 70.4 cm³/mol. The predicted octanol–water partition coefficient (Wildman–Crippen LogP) is 2.19. The van der Waals surface area contributed by atoms with Gasteiger partial charge in [-0.2, -0.15) is 0 Å². The van der Waals surface area contributed by atoms with E-state index in [4.69, 9.17) is 22.8 Å². The quantitative estimate of drug-likeness (QED) is 0.478. The van der Waals surface area contributed by atoms with E-state index in [9.17, 15) is 0 Å². The molecule has 0 bridgehead atoms. The summed E-state index contributed by atoms with van der Waals surface area (Å²) in [6.45, 7) is 1.66. The van der Waals surface area contributed by atoms with Crippen molar-refractivity contribution in [2.75, 3.05) is 34.5 Å². The fourth-order valence-corrected chi connectivity index (χ4v) is 3.88. The lowest BCUT2D eigenvalue weighted by molar-refractivity contribution is -0.181. The van der Waals surface area contributed by atoms with Crippen LogP contribution >= 0.6 is 0 Å². The van der Waals surface area contributed by atoms with Gasteiger partial charge in [0.15, 0.2) is 6.29 Å². The lowest BCUT2D eigenvalue weighted by Crippen LogP contribution is -2.42. The van der Waals surface area contributed by atoms with Gasteiger partial charge in [-0.25, -0.2) is 0 Å². The molecule has 5 nitrogen and oxygen atoms in total. The number of hydrogen-bond acceptors (Lipinski definition) is 5. The molecule has 18 heavy (non-hydrogen) atoms. The smallest absolute Gasteiger partial charge is 0.377 e. The molecule has 0 aromatic rings. The van der Waals surface area contributed by atoms with Gasteiger partial charge in [0, 0.05) is 27.4 Å². The van der Waals surface area contributed by atoms with E-state index in [-0.39, 0.29) is 6.29 Å². The third-order valence-electron chi connectivity index (χ3n) is 3.25. The average Bonchev–Trinajstić information content (AvgIpc) is 2.45. The average molecular weight is 278 g/mol. The highest BCUT2D eigenvalue weighted by molar-refractivity contribution is 6.60. The van der Waals surface area contributed by atoms with Crippen molar-refractivity contribution in [2.45, 2.75) is 44.4 Å². The van der Waals surface area contributed by atoms with Crippen LogP contribution in [-0.4, -0.2) is 49.6 Å². The van der Waals surface area contributed by atoms with Gasteiger partial charge >= 0.3 is 8.80 Å². The lowest BCUT2D eigenvalue weighted by Gasteiger charge is -2.25. The zero-order valence-corrected chi connectivity index (χ0v) is 12.8. The Labute approximate surface area is 111 Å². The number of rotatable bonds is 9. The van der Waals surface area contributed by atoms with Crippen molar-refractivity contribution in [1.29, 1.82) is 0 Å². The first-order valence-electron chi connectivity index (χ1n) is 6.65. The summed E-state index contributed by atoms with van der Waals surface area (Å²) in [7, 11) is 2.60. The molecule has 1 rings (SSSR count). The molecule has 0 unspecified atom stereocenters. The van der Waals surface area contributed by atoms with Crippen LogP contribution in [0.2, 0.25) is 6.04 Å². The highest BCUT2D eigenvalue weighted by Crippen LogP contribution is 2.19. The van der Waals surface area contributed by atoms with Crippen molar-refractivity contribution in [3.63, 3.8) is 0 Å². The molecular weight excluding hydrogens is 252 g/mol. The van der Waals surface area contributed by atoms with Crippen LogP contribution in [0.25, 0.3) is 0 Å². The maximum atomic E-state index is 5.50. The third kappa shape index (κ3) is 5.34. The molecule has 0 N–H and O–H groups in total. The summed E-state index contributed by atoms with van der Waals surface area (Å²) in [4.78, 5) is 0. The molecule has 0 spiro atoms. The van der Waals surface area contributed by atoms with E-state index < -0.39 is 8.80 Å². The first kappa shape index (κ1) is 16.1. The van der Waals surface area contributed by atoms with Crippen molar-refractivity contribution < 1.29 is 22.8 Å². The van der Waals surface area contributed by atoms with Gasteiger partial charge in [-0.3, -0.25) is 0 Å². The Morgan fingerprint density at radius 2 is 1.56 bits per heavy atom. The number of hydrogen-bond donors (Lipinski definition) is 0. The molecule has 1 aliphatic heterocycles. The summed E-state index contributed by atoms with van der Waals surface area (Å²) in [5.41, 5.74) is 0. The van der Waals surface area contributed by atoms with Gasteiger partial charge in [-0.1, -0.05) is 6.42 Å². The normalized spacial score (nSPS) is 18.2. The van der Waals surface area contributed by atoms with Gasteiger partial charge in [0.25, 0.3) is 0 Å². The van der Waals surface area contributed by atoms with E-state index in [2.05, 4.69) is 0 Å². The van der Waals surface area contributed by atoms with Crippen LogP contribution in [-0.2, 0) is 22.8 Å². The van der Waals surface area contributed by atoms with E-state index >= 15 is 0 Å². The Morgan fingerprint density at radius 3 is 2.11 bits per heavy atom. The molecule has 108 valence electrons. The zero-order chi connectivity index (χ0) is 13.3. The van der Waals surface area contributed by atoms with E-state index in [0.29, 0.717) is 0 Å². The molecule has 1 fully saturated rings. The number of unbranched alkanes of at least 4 members (excludes halogenated alkanes) is 2. The second kappa shape index (κ2) is 9.01. The van der Waals surface area contributed by atoms with Crippen LogP contribution in [0.5, 0.6) is 0 Å². The van der Waals surface area contributed by atoms with Crippen molar-refractivity contribution in [3.05, 3.63) is 0 Å². The molecule has 0 radical (unpaired) electrons. The van der Waals surface area contributed by atoms with Gasteiger partial charge in [0.05, 0.1) is 13.2 Å². The Bertz CT molecular complexity index is 196. The maximum absolute atomic E-state index is 5.50. The fourth-order valence-electron chi connectivity index (χ4n) is 2.09. The van der Waals surface area contributed by atoms with Gasteiger partial charge in [-0.15, -0.1) is 0 Å². The maximum Gasteiger partial charge on any atom is 0.500 e. The second-order valence-corrected chi connectivity index (χ2v) is 7.51. The van der Waals surface area contributed by atoms with Crippen molar-refractivity contribution in [3.8, 4) is 0 Å². The van der Waals surface area contributed by atoms with Crippen LogP contribution in [0.1, 0.15) is 32.1 Å². The minimum absolute atomic E-state index is 0.00743. The van der Waals surface area contributed by atoms with Crippen LogP contribution < -0.4 is 0 Å². The van der Waals surface area contributed by atoms with Gasteiger partial charge in [0.2, 0.25) is 0 Å². The molecule has 0 atom stereocenters. The molecule has 1 heterocycles. The summed E-state index contributed by atoms with van der Waals surface area (Å²) >= 11 is 0. The van der Waals surface area contributed by atoms with Crippen LogP contribution in [0.3, 0.4) is 0 Å². The van der Waals surface area contributed by atoms with Crippen molar-refractivity contribution >= 4 is 8.80 Å². The summed E-state index contributed by atoms with van der Waals surface area (Å²) in [6.07, 6.45) is 5.27. The van der Waals surface area contributed by atoms with E-state index in [1.165, 1.54) is 0 Å². The monoisotopic (exact) mass is 278 g/mol. The highest BCUT2D eigenvalue weighted by Gasteiger charge is 2.36. The largest absolute Gasteiger partial charge is 0.500 e. The van der Waals surface area contributed by atoms with E-state index in [1.807, 2.05) is 0 Å². The standard InChI is InChI=1S/C12H26O5Si/c1-13-18(14-2,15-3)11-6-4-5-8-12-16-9-7-10-17-12/h12H,4-11H2,1-3H3. The van der Waals surface area contributed by atoms with Crippen LogP contribution in [0.15, 0.2) is 0 Å². The first-order chi connectivity index (χ1) is 8.76. The molecule has 0 aromatic carbocycles. The Hall–Kier alpha value is 0.0169. The minimum atomic E-state index is -2.37. The van der Waals surface area contributed by atoms with Crippen LogP contribution in [0.4, 0.5) is 0 Å². The molecule has 0 saturated carbocycles. The Balaban J connectivity index is 2.06. The minimum Gasteiger partial charge on any atom is -0.377 e. The van der Waals surface area contributed by atoms with Gasteiger partial charge in [-0.05, 0) is 25.7 Å². The topological polar surface area (TPSA) is 46.2 Å². The van der Waals surface area contributed by atoms with Crippen molar-refractivity contribution in [1.82, 2.24) is 0 Å². The second-order valence-electron chi connectivity index (χ2n) is 4.42. The Kier molecular flexibility index (Phi) is 8.04. The number of ether oxygens (including phenoxy) is 2. The molecule has 1 saturated heterocycles. The molecule has 0 aromatic heterocycles. The first-order valence-corrected chi connectivity index (χ1v) is 8.58. The summed E-state index contributed by atoms with van der Waals surface area (Å²) < 4.78 is 27.1. The zero-order valence-electron chi connectivity index (χ0n) is 11.8.